The second kappa shape index (κ2) is 6.77. The first kappa shape index (κ1) is 16.9. The quantitative estimate of drug-likeness (QED) is 0.861. The fourth-order valence-corrected chi connectivity index (χ4v) is 4.93. The van der Waals surface area contributed by atoms with Crippen LogP contribution in [0.2, 0.25) is 0 Å². The molecule has 0 amide bonds. The number of nitrogens with one attached hydrogen (secondary N) is 1. The Kier molecular flexibility index (Phi) is 5.46. The molecule has 1 atom stereocenters. The molecule has 1 aromatic rings. The maximum Gasteiger partial charge on any atom is 0.241 e. The summed E-state index contributed by atoms with van der Waals surface area (Å²) in [5.74, 6) is 0.395. The molecule has 118 valence electrons. The average molecular weight is 375 g/mol. The summed E-state index contributed by atoms with van der Waals surface area (Å²) in [5.41, 5.74) is 1.03. The molecule has 0 aromatic heterocycles. The van der Waals surface area contributed by atoms with Gasteiger partial charge in [-0.05, 0) is 73.3 Å². The predicted molar refractivity (Wildman–Crippen MR) is 88.9 cm³/mol. The van der Waals surface area contributed by atoms with Gasteiger partial charge in [0.05, 0.1) is 4.90 Å². The molecule has 0 radical (unpaired) electrons. The molecule has 1 aliphatic heterocycles. The number of hydrogen-bond acceptors (Lipinski definition) is 3. The van der Waals surface area contributed by atoms with E-state index in [2.05, 4.69) is 39.4 Å². The number of nitrogens with zero attached hydrogens (tertiary/aromatic N) is 1. The molecule has 1 unspecified atom stereocenters. The zero-order chi connectivity index (χ0) is 15.6. The molecule has 0 bridgehead atoms. The van der Waals surface area contributed by atoms with E-state index in [9.17, 15) is 8.42 Å². The van der Waals surface area contributed by atoms with Crippen molar-refractivity contribution in [1.29, 1.82) is 0 Å². The van der Waals surface area contributed by atoms with Crippen LogP contribution in [-0.4, -0.2) is 39.0 Å². The van der Waals surface area contributed by atoms with E-state index in [1.54, 1.807) is 6.07 Å². The van der Waals surface area contributed by atoms with Crippen molar-refractivity contribution in [1.82, 2.24) is 9.62 Å². The van der Waals surface area contributed by atoms with Gasteiger partial charge >= 0.3 is 0 Å². The van der Waals surface area contributed by atoms with Gasteiger partial charge in [0.25, 0.3) is 0 Å². The first-order valence-corrected chi connectivity index (χ1v) is 9.57. The molecular weight excluding hydrogens is 352 g/mol. The fraction of sp³-hybridized carbons (Fsp3) is 0.600. The number of aryl methyl sites for hydroxylation is 1. The van der Waals surface area contributed by atoms with E-state index in [1.165, 1.54) is 0 Å². The van der Waals surface area contributed by atoms with E-state index in [-0.39, 0.29) is 0 Å². The minimum atomic E-state index is -3.45. The van der Waals surface area contributed by atoms with Crippen LogP contribution in [0.25, 0.3) is 0 Å². The molecular formula is C15H23BrN2O2S. The Morgan fingerprint density at radius 2 is 2.14 bits per heavy atom. The van der Waals surface area contributed by atoms with Crippen molar-refractivity contribution in [2.45, 2.75) is 38.1 Å². The first-order chi connectivity index (χ1) is 9.79. The smallest absolute Gasteiger partial charge is 0.241 e. The first-order valence-electron chi connectivity index (χ1n) is 7.29. The van der Waals surface area contributed by atoms with Gasteiger partial charge in [-0.25, -0.2) is 13.1 Å². The average Bonchev–Trinajstić information content (AvgIpc) is 2.85. The lowest BCUT2D eigenvalue weighted by Crippen LogP contribution is -2.33. The summed E-state index contributed by atoms with van der Waals surface area (Å²) in [6, 6.07) is 5.81. The monoisotopic (exact) mass is 374 g/mol. The third-order valence-corrected chi connectivity index (χ3v) is 6.39. The standard InChI is InChI=1S/C15H23BrN2O2S/c1-11(2)18-7-6-13(10-18)9-17-21(19,20)15-5-4-12(3)8-14(15)16/h4-5,8,11,13,17H,6-7,9-10H2,1-3H3. The molecule has 1 fully saturated rings. The minimum absolute atomic E-state index is 0.312. The number of likely N-dealkylation sites (tertiary alicyclic amines) is 1. The zero-order valence-corrected chi connectivity index (χ0v) is 15.2. The Bertz CT molecular complexity index is 602. The highest BCUT2D eigenvalue weighted by Crippen LogP contribution is 2.24. The molecule has 4 nitrogen and oxygen atoms in total. The molecule has 1 heterocycles. The molecule has 1 aromatic carbocycles. The number of hydrogen-bond donors (Lipinski definition) is 1. The Hall–Kier alpha value is -0.430. The largest absolute Gasteiger partial charge is 0.301 e. The molecule has 0 aliphatic carbocycles. The Balaban J connectivity index is 1.99. The van der Waals surface area contributed by atoms with Crippen molar-refractivity contribution in [3.05, 3.63) is 28.2 Å². The molecule has 0 saturated carbocycles. The fourth-order valence-electron chi connectivity index (χ4n) is 2.63. The van der Waals surface area contributed by atoms with Gasteiger partial charge in [0.1, 0.15) is 0 Å². The van der Waals surface area contributed by atoms with Crippen molar-refractivity contribution >= 4 is 26.0 Å². The van der Waals surface area contributed by atoms with Gasteiger partial charge in [0, 0.05) is 23.6 Å². The number of benzene rings is 1. The second-order valence-corrected chi connectivity index (χ2v) is 8.62. The van der Waals surface area contributed by atoms with Gasteiger partial charge in [0.15, 0.2) is 0 Å². The molecule has 1 aliphatic rings. The van der Waals surface area contributed by atoms with Crippen LogP contribution in [0.5, 0.6) is 0 Å². The van der Waals surface area contributed by atoms with Gasteiger partial charge in [-0.15, -0.1) is 0 Å². The topological polar surface area (TPSA) is 49.4 Å². The van der Waals surface area contributed by atoms with E-state index < -0.39 is 10.0 Å². The van der Waals surface area contributed by atoms with E-state index in [0.717, 1.165) is 25.1 Å². The summed E-state index contributed by atoms with van der Waals surface area (Å²) in [6.07, 6.45) is 1.05. The highest BCUT2D eigenvalue weighted by atomic mass is 79.9. The molecule has 6 heteroatoms. The highest BCUT2D eigenvalue weighted by molar-refractivity contribution is 9.10. The molecule has 2 rings (SSSR count). The van der Waals surface area contributed by atoms with Crippen LogP contribution in [0, 0.1) is 12.8 Å². The van der Waals surface area contributed by atoms with Gasteiger partial charge in [-0.1, -0.05) is 6.07 Å². The van der Waals surface area contributed by atoms with Crippen LogP contribution in [0.3, 0.4) is 0 Å². The van der Waals surface area contributed by atoms with Crippen LogP contribution in [0.15, 0.2) is 27.6 Å². The lowest BCUT2D eigenvalue weighted by molar-refractivity contribution is 0.265. The maximum atomic E-state index is 12.4. The molecule has 1 N–H and O–H groups in total. The van der Waals surface area contributed by atoms with E-state index >= 15 is 0 Å². The third-order valence-electron chi connectivity index (χ3n) is 3.99. The van der Waals surface area contributed by atoms with E-state index in [0.29, 0.717) is 27.9 Å². The van der Waals surface area contributed by atoms with Gasteiger partial charge in [-0.2, -0.15) is 0 Å². The van der Waals surface area contributed by atoms with E-state index in [1.807, 2.05) is 19.1 Å². The number of halogens is 1. The maximum absolute atomic E-state index is 12.4. The minimum Gasteiger partial charge on any atom is -0.301 e. The summed E-state index contributed by atoms with van der Waals surface area (Å²) >= 11 is 3.34. The van der Waals surface area contributed by atoms with Gasteiger partial charge in [0.2, 0.25) is 10.0 Å². The molecule has 21 heavy (non-hydrogen) atoms. The number of rotatable bonds is 5. The second-order valence-electron chi connectivity index (χ2n) is 6.03. The Morgan fingerprint density at radius 3 is 2.71 bits per heavy atom. The summed E-state index contributed by atoms with van der Waals surface area (Å²) < 4.78 is 28.1. The lowest BCUT2D eigenvalue weighted by Gasteiger charge is -2.20. The normalized spacial score (nSPS) is 20.3. The molecule has 1 saturated heterocycles. The van der Waals surface area contributed by atoms with Crippen molar-refractivity contribution in [2.75, 3.05) is 19.6 Å². The van der Waals surface area contributed by atoms with E-state index in [4.69, 9.17) is 0 Å². The van der Waals surface area contributed by atoms with Crippen LogP contribution in [0.1, 0.15) is 25.8 Å². The van der Waals surface area contributed by atoms with Crippen molar-refractivity contribution in [2.24, 2.45) is 5.92 Å². The zero-order valence-electron chi connectivity index (χ0n) is 12.8. The van der Waals surface area contributed by atoms with Crippen LogP contribution in [-0.2, 0) is 10.0 Å². The number of sulfonamides is 1. The summed E-state index contributed by atoms with van der Waals surface area (Å²) in [4.78, 5) is 2.70. The summed E-state index contributed by atoms with van der Waals surface area (Å²) in [5, 5.41) is 0. The van der Waals surface area contributed by atoms with Gasteiger partial charge < -0.3 is 4.90 Å². The van der Waals surface area contributed by atoms with Crippen LogP contribution in [0.4, 0.5) is 0 Å². The SMILES string of the molecule is Cc1ccc(S(=O)(=O)NCC2CCN(C(C)C)C2)c(Br)c1. The third kappa shape index (κ3) is 4.28. The van der Waals surface area contributed by atoms with Crippen LogP contribution >= 0.6 is 15.9 Å². The Labute approximate surface area is 136 Å². The molecule has 0 spiro atoms. The lowest BCUT2D eigenvalue weighted by atomic mass is 10.1. The van der Waals surface area contributed by atoms with Crippen molar-refractivity contribution in [3.8, 4) is 0 Å². The predicted octanol–water partition coefficient (Wildman–Crippen LogP) is 2.77. The van der Waals surface area contributed by atoms with Crippen molar-refractivity contribution in [3.63, 3.8) is 0 Å². The summed E-state index contributed by atoms with van der Waals surface area (Å²) in [7, 11) is -3.45. The highest BCUT2D eigenvalue weighted by Gasteiger charge is 2.26. The van der Waals surface area contributed by atoms with Crippen LogP contribution < -0.4 is 4.72 Å². The summed E-state index contributed by atoms with van der Waals surface area (Å²) in [6.45, 7) is 8.82. The van der Waals surface area contributed by atoms with Crippen molar-refractivity contribution < 1.29 is 8.42 Å². The Morgan fingerprint density at radius 1 is 1.43 bits per heavy atom. The van der Waals surface area contributed by atoms with Gasteiger partial charge in [-0.3, -0.25) is 0 Å².